The second-order valence-electron chi connectivity index (χ2n) is 4.09. The lowest BCUT2D eigenvalue weighted by Gasteiger charge is -2.06. The minimum atomic E-state index is 0.578. The fraction of sp³-hybridized carbons (Fsp3) is 0.700. The molecule has 72 valence electrons. The van der Waals surface area contributed by atoms with Crippen molar-refractivity contribution in [3.8, 4) is 0 Å². The van der Waals surface area contributed by atoms with Crippen LogP contribution in [-0.4, -0.2) is 24.5 Å². The molecule has 3 nitrogen and oxygen atoms in total. The maximum atomic E-state index is 3.46. The van der Waals surface area contributed by atoms with Gasteiger partial charge in [-0.3, -0.25) is 10.3 Å². The van der Waals surface area contributed by atoms with Gasteiger partial charge in [-0.2, -0.15) is 0 Å². The SMILES string of the molecule is CC1CC=C(CC2=[NH+]CC(C)N2)N1. The van der Waals surface area contributed by atoms with Crippen LogP contribution in [0.25, 0.3) is 0 Å². The van der Waals surface area contributed by atoms with Crippen LogP contribution in [0.5, 0.6) is 0 Å². The second-order valence-corrected chi connectivity index (χ2v) is 4.09. The van der Waals surface area contributed by atoms with Crippen molar-refractivity contribution in [2.75, 3.05) is 6.54 Å². The molecule has 0 spiro atoms. The summed E-state index contributed by atoms with van der Waals surface area (Å²) in [6, 6.07) is 1.20. The van der Waals surface area contributed by atoms with E-state index in [0.717, 1.165) is 19.4 Å². The van der Waals surface area contributed by atoms with Crippen LogP contribution in [-0.2, 0) is 0 Å². The molecule has 0 radical (unpaired) electrons. The Morgan fingerprint density at radius 2 is 2.23 bits per heavy atom. The average molecular weight is 180 g/mol. The van der Waals surface area contributed by atoms with Gasteiger partial charge in [0.15, 0.2) is 0 Å². The van der Waals surface area contributed by atoms with Gasteiger partial charge >= 0.3 is 0 Å². The number of hydrogen-bond donors (Lipinski definition) is 3. The molecule has 0 amide bonds. The van der Waals surface area contributed by atoms with Crippen LogP contribution in [0.15, 0.2) is 11.8 Å². The lowest BCUT2D eigenvalue weighted by molar-refractivity contribution is -0.449. The zero-order chi connectivity index (χ0) is 9.26. The zero-order valence-corrected chi connectivity index (χ0v) is 8.35. The molecule has 2 aliphatic rings. The summed E-state index contributed by atoms with van der Waals surface area (Å²) in [4.78, 5) is 3.37. The molecule has 0 saturated heterocycles. The van der Waals surface area contributed by atoms with Crippen molar-refractivity contribution < 1.29 is 4.99 Å². The summed E-state index contributed by atoms with van der Waals surface area (Å²) in [5, 5.41) is 6.88. The summed E-state index contributed by atoms with van der Waals surface area (Å²) >= 11 is 0. The maximum Gasteiger partial charge on any atom is 0.249 e. The molecule has 0 fully saturated rings. The molecular weight excluding hydrogens is 162 g/mol. The first-order valence-electron chi connectivity index (χ1n) is 5.06. The molecule has 3 N–H and O–H groups in total. The van der Waals surface area contributed by atoms with Crippen molar-refractivity contribution in [1.82, 2.24) is 10.6 Å². The Hall–Kier alpha value is -0.990. The smallest absolute Gasteiger partial charge is 0.249 e. The van der Waals surface area contributed by atoms with Crippen molar-refractivity contribution in [1.29, 1.82) is 0 Å². The molecule has 2 heterocycles. The number of rotatable bonds is 2. The highest BCUT2D eigenvalue weighted by Gasteiger charge is 2.22. The van der Waals surface area contributed by atoms with E-state index in [9.17, 15) is 0 Å². The largest absolute Gasteiger partial charge is 0.385 e. The first-order valence-corrected chi connectivity index (χ1v) is 5.06. The second kappa shape index (κ2) is 3.40. The predicted octanol–water partition coefficient (Wildman–Crippen LogP) is -0.887. The summed E-state index contributed by atoms with van der Waals surface area (Å²) < 4.78 is 0. The van der Waals surface area contributed by atoms with Crippen LogP contribution in [0, 0.1) is 0 Å². The van der Waals surface area contributed by atoms with Crippen LogP contribution < -0.4 is 15.6 Å². The van der Waals surface area contributed by atoms with E-state index in [1.54, 1.807) is 0 Å². The number of hydrogen-bond acceptors (Lipinski definition) is 2. The van der Waals surface area contributed by atoms with E-state index in [2.05, 4.69) is 35.5 Å². The highest BCUT2D eigenvalue weighted by Crippen LogP contribution is 2.10. The first kappa shape index (κ1) is 8.60. The van der Waals surface area contributed by atoms with Gasteiger partial charge in [-0.05, 0) is 20.3 Å². The van der Waals surface area contributed by atoms with E-state index in [4.69, 9.17) is 0 Å². The van der Waals surface area contributed by atoms with Crippen molar-refractivity contribution in [2.45, 2.75) is 38.8 Å². The van der Waals surface area contributed by atoms with E-state index in [1.807, 2.05) is 0 Å². The highest BCUT2D eigenvalue weighted by molar-refractivity contribution is 5.80. The lowest BCUT2D eigenvalue weighted by atomic mass is 10.2. The van der Waals surface area contributed by atoms with Crippen LogP contribution >= 0.6 is 0 Å². The van der Waals surface area contributed by atoms with Gasteiger partial charge in [-0.1, -0.05) is 6.08 Å². The van der Waals surface area contributed by atoms with E-state index in [1.165, 1.54) is 11.5 Å². The van der Waals surface area contributed by atoms with E-state index < -0.39 is 0 Å². The standard InChI is InChI=1S/C10H17N3/c1-7-3-4-9(12-7)5-10-11-6-8(2)13-10/h4,7-8,12H,3,5-6H2,1-2H3,(H,11,13)/p+1. The van der Waals surface area contributed by atoms with E-state index >= 15 is 0 Å². The fourth-order valence-corrected chi connectivity index (χ4v) is 1.86. The lowest BCUT2D eigenvalue weighted by Crippen LogP contribution is -2.71. The van der Waals surface area contributed by atoms with Crippen LogP contribution in [0.4, 0.5) is 0 Å². The maximum absolute atomic E-state index is 3.46. The molecule has 0 aromatic heterocycles. The molecule has 2 rings (SSSR count). The van der Waals surface area contributed by atoms with Crippen molar-refractivity contribution in [2.24, 2.45) is 0 Å². The summed E-state index contributed by atoms with van der Waals surface area (Å²) in [5.41, 5.74) is 1.36. The molecule has 2 unspecified atom stereocenters. The first-order chi connectivity index (χ1) is 6.24. The topological polar surface area (TPSA) is 38.0 Å². The minimum absolute atomic E-state index is 0.578. The highest BCUT2D eigenvalue weighted by atomic mass is 15.1. The number of nitrogens with one attached hydrogen (secondary N) is 3. The molecule has 13 heavy (non-hydrogen) atoms. The van der Waals surface area contributed by atoms with Gasteiger partial charge in [0.25, 0.3) is 0 Å². The molecule has 2 atom stereocenters. The van der Waals surface area contributed by atoms with Crippen LogP contribution in [0.2, 0.25) is 0 Å². The van der Waals surface area contributed by atoms with Gasteiger partial charge in [0, 0.05) is 11.7 Å². The molecule has 3 heteroatoms. The summed E-state index contributed by atoms with van der Waals surface area (Å²) in [7, 11) is 0. The number of amidine groups is 1. The normalized spacial score (nSPS) is 32.2. The molecular formula is C10H18N3+. The zero-order valence-electron chi connectivity index (χ0n) is 8.35. The van der Waals surface area contributed by atoms with Gasteiger partial charge < -0.3 is 5.32 Å². The average Bonchev–Trinajstić information content (AvgIpc) is 2.62. The fourth-order valence-electron chi connectivity index (χ4n) is 1.86. The molecule has 2 aliphatic heterocycles. The van der Waals surface area contributed by atoms with Crippen molar-refractivity contribution in [3.63, 3.8) is 0 Å². The third-order valence-corrected chi connectivity index (χ3v) is 2.56. The van der Waals surface area contributed by atoms with Gasteiger partial charge in [0.2, 0.25) is 5.84 Å². The van der Waals surface area contributed by atoms with E-state index in [0.29, 0.717) is 12.1 Å². The molecule has 0 aromatic rings. The summed E-state index contributed by atoms with van der Waals surface area (Å²) in [5.74, 6) is 1.26. The third-order valence-electron chi connectivity index (χ3n) is 2.56. The van der Waals surface area contributed by atoms with Crippen molar-refractivity contribution >= 4 is 5.84 Å². The van der Waals surface area contributed by atoms with Gasteiger partial charge in [0.1, 0.15) is 12.6 Å². The molecule has 0 bridgehead atoms. The predicted molar refractivity (Wildman–Crippen MR) is 53.3 cm³/mol. The quantitative estimate of drug-likeness (QED) is 0.516. The Balaban J connectivity index is 1.85. The van der Waals surface area contributed by atoms with E-state index in [-0.39, 0.29) is 0 Å². The van der Waals surface area contributed by atoms with Crippen molar-refractivity contribution in [3.05, 3.63) is 11.8 Å². The monoisotopic (exact) mass is 180 g/mol. The minimum Gasteiger partial charge on any atom is -0.385 e. The Morgan fingerprint density at radius 1 is 1.38 bits per heavy atom. The Labute approximate surface area is 79.3 Å². The van der Waals surface area contributed by atoms with Gasteiger partial charge in [-0.15, -0.1) is 0 Å². The van der Waals surface area contributed by atoms with Crippen LogP contribution in [0.3, 0.4) is 0 Å². The Bertz CT molecular complexity index is 229. The Morgan fingerprint density at radius 3 is 2.77 bits per heavy atom. The molecule has 0 aromatic carbocycles. The van der Waals surface area contributed by atoms with Gasteiger partial charge in [0.05, 0.1) is 6.42 Å². The molecule has 0 saturated carbocycles. The van der Waals surface area contributed by atoms with Crippen LogP contribution in [0.1, 0.15) is 26.7 Å². The van der Waals surface area contributed by atoms with Gasteiger partial charge in [-0.25, -0.2) is 0 Å². The summed E-state index contributed by atoms with van der Waals surface area (Å²) in [6.07, 6.45) is 4.47. The summed E-state index contributed by atoms with van der Waals surface area (Å²) in [6.45, 7) is 5.46. The Kier molecular flexibility index (Phi) is 2.25. The third kappa shape index (κ3) is 2.02. The molecule has 0 aliphatic carbocycles.